The average molecular weight is 329 g/mol. The molecular weight excluding hydrogens is 313 g/mol. The van der Waals surface area contributed by atoms with Crippen molar-refractivity contribution in [2.24, 2.45) is 0 Å². The van der Waals surface area contributed by atoms with Gasteiger partial charge in [0.25, 0.3) is 5.56 Å². The Bertz CT molecular complexity index is 887. The number of fused-ring (bicyclic) bond motifs is 1. The Morgan fingerprint density at radius 1 is 1.30 bits per heavy atom. The first-order valence-electron chi connectivity index (χ1n) is 7.66. The number of hydrogen-bond acceptors (Lipinski definition) is 4. The lowest BCUT2D eigenvalue weighted by molar-refractivity contribution is 0.242. The van der Waals surface area contributed by atoms with Crippen LogP contribution in [0.5, 0.6) is 0 Å². The van der Waals surface area contributed by atoms with E-state index in [0.29, 0.717) is 17.1 Å². The molecule has 118 valence electrons. The van der Waals surface area contributed by atoms with Gasteiger partial charge in [-0.3, -0.25) is 9.69 Å². The van der Waals surface area contributed by atoms with E-state index in [1.165, 1.54) is 23.5 Å². The van der Waals surface area contributed by atoms with Gasteiger partial charge in [-0.15, -0.1) is 11.3 Å². The van der Waals surface area contributed by atoms with Gasteiger partial charge in [0, 0.05) is 6.04 Å². The molecule has 1 fully saturated rings. The van der Waals surface area contributed by atoms with E-state index in [1.807, 2.05) is 23.6 Å². The second-order valence-electron chi connectivity index (χ2n) is 5.83. The van der Waals surface area contributed by atoms with E-state index in [1.54, 1.807) is 0 Å². The SMILES string of the molecule is O=c1[nH]c(CN2CCC[C@H]2c2ccc(F)cc2)nc2ccsc12. The van der Waals surface area contributed by atoms with Gasteiger partial charge in [0.05, 0.1) is 12.1 Å². The van der Waals surface area contributed by atoms with Crippen LogP contribution in [0, 0.1) is 5.82 Å². The molecule has 1 aliphatic heterocycles. The molecule has 2 aromatic heterocycles. The van der Waals surface area contributed by atoms with Gasteiger partial charge in [-0.25, -0.2) is 9.37 Å². The Hall–Kier alpha value is -2.05. The van der Waals surface area contributed by atoms with E-state index in [9.17, 15) is 9.18 Å². The Morgan fingerprint density at radius 3 is 2.96 bits per heavy atom. The standard InChI is InChI=1S/C17H16FN3OS/c18-12-5-3-11(4-6-12)14-2-1-8-21(14)10-15-19-13-7-9-23-16(13)17(22)20-15/h3-7,9,14H,1-2,8,10H2,(H,19,20,22)/t14-/m0/s1. The normalized spacial score (nSPS) is 18.7. The lowest BCUT2D eigenvalue weighted by Crippen LogP contribution is -2.25. The Balaban J connectivity index is 1.61. The molecule has 0 bridgehead atoms. The Kier molecular flexibility index (Phi) is 3.71. The maximum atomic E-state index is 13.1. The molecule has 0 saturated carbocycles. The zero-order chi connectivity index (χ0) is 15.8. The lowest BCUT2D eigenvalue weighted by Gasteiger charge is -2.24. The molecular formula is C17H16FN3OS. The summed E-state index contributed by atoms with van der Waals surface area (Å²) in [6, 6.07) is 8.82. The highest BCUT2D eigenvalue weighted by Gasteiger charge is 2.26. The Morgan fingerprint density at radius 2 is 2.13 bits per heavy atom. The zero-order valence-electron chi connectivity index (χ0n) is 12.5. The second-order valence-corrected chi connectivity index (χ2v) is 6.74. The molecule has 0 radical (unpaired) electrons. The van der Waals surface area contributed by atoms with Crippen LogP contribution in [-0.4, -0.2) is 21.4 Å². The van der Waals surface area contributed by atoms with Gasteiger partial charge < -0.3 is 4.98 Å². The van der Waals surface area contributed by atoms with E-state index < -0.39 is 0 Å². The van der Waals surface area contributed by atoms with Crippen molar-refractivity contribution in [2.45, 2.75) is 25.4 Å². The topological polar surface area (TPSA) is 49.0 Å². The van der Waals surface area contributed by atoms with Gasteiger partial charge in [0.15, 0.2) is 0 Å². The summed E-state index contributed by atoms with van der Waals surface area (Å²) >= 11 is 1.41. The van der Waals surface area contributed by atoms with E-state index in [0.717, 1.165) is 30.5 Å². The number of rotatable bonds is 3. The van der Waals surface area contributed by atoms with Gasteiger partial charge in [-0.05, 0) is 48.5 Å². The molecule has 0 spiro atoms. The molecule has 23 heavy (non-hydrogen) atoms. The average Bonchev–Trinajstić information content (AvgIpc) is 3.17. The maximum Gasteiger partial charge on any atom is 0.268 e. The number of nitrogens with one attached hydrogen (secondary N) is 1. The maximum absolute atomic E-state index is 13.1. The first-order valence-corrected chi connectivity index (χ1v) is 8.54. The van der Waals surface area contributed by atoms with Crippen molar-refractivity contribution < 1.29 is 4.39 Å². The molecule has 0 amide bonds. The number of aromatic nitrogens is 2. The molecule has 0 aliphatic carbocycles. The van der Waals surface area contributed by atoms with Gasteiger partial charge in [0.2, 0.25) is 0 Å². The van der Waals surface area contributed by atoms with Crippen LogP contribution in [0.3, 0.4) is 0 Å². The number of thiophene rings is 1. The van der Waals surface area contributed by atoms with Crippen molar-refractivity contribution in [2.75, 3.05) is 6.54 Å². The number of nitrogens with zero attached hydrogens (tertiary/aromatic N) is 2. The molecule has 0 unspecified atom stereocenters. The number of aromatic amines is 1. The van der Waals surface area contributed by atoms with Gasteiger partial charge in [0.1, 0.15) is 16.3 Å². The summed E-state index contributed by atoms with van der Waals surface area (Å²) in [7, 11) is 0. The monoisotopic (exact) mass is 329 g/mol. The molecule has 3 heterocycles. The fraction of sp³-hybridized carbons (Fsp3) is 0.294. The summed E-state index contributed by atoms with van der Waals surface area (Å²) in [4.78, 5) is 21.8. The molecule has 6 heteroatoms. The molecule has 1 N–H and O–H groups in total. The van der Waals surface area contributed by atoms with Crippen molar-refractivity contribution in [3.05, 3.63) is 63.3 Å². The minimum Gasteiger partial charge on any atom is -0.308 e. The largest absolute Gasteiger partial charge is 0.308 e. The highest BCUT2D eigenvalue weighted by Crippen LogP contribution is 2.32. The predicted molar refractivity (Wildman–Crippen MR) is 89.0 cm³/mol. The molecule has 3 aromatic rings. The van der Waals surface area contributed by atoms with Crippen LogP contribution in [-0.2, 0) is 6.54 Å². The fourth-order valence-corrected chi connectivity index (χ4v) is 3.99. The summed E-state index contributed by atoms with van der Waals surface area (Å²) in [6.07, 6.45) is 2.13. The third kappa shape index (κ3) is 2.80. The van der Waals surface area contributed by atoms with Gasteiger partial charge in [-0.1, -0.05) is 12.1 Å². The van der Waals surface area contributed by atoms with E-state index in [-0.39, 0.29) is 17.4 Å². The Labute approximate surface area is 136 Å². The first kappa shape index (κ1) is 14.5. The number of likely N-dealkylation sites (tertiary alicyclic amines) is 1. The van der Waals surface area contributed by atoms with Crippen molar-refractivity contribution in [1.29, 1.82) is 0 Å². The summed E-state index contributed by atoms with van der Waals surface area (Å²) in [5, 5.41) is 1.88. The summed E-state index contributed by atoms with van der Waals surface area (Å²) in [6.45, 7) is 1.55. The minimum atomic E-state index is -0.216. The van der Waals surface area contributed by atoms with E-state index >= 15 is 0 Å². The summed E-state index contributed by atoms with van der Waals surface area (Å²) in [5.41, 5.74) is 1.80. The highest BCUT2D eigenvalue weighted by atomic mass is 32.1. The van der Waals surface area contributed by atoms with Crippen LogP contribution in [0.15, 0.2) is 40.5 Å². The first-order chi connectivity index (χ1) is 11.2. The van der Waals surface area contributed by atoms with Gasteiger partial charge in [-0.2, -0.15) is 0 Å². The third-order valence-corrected chi connectivity index (χ3v) is 5.24. The van der Waals surface area contributed by atoms with Crippen LogP contribution in [0.1, 0.15) is 30.3 Å². The van der Waals surface area contributed by atoms with E-state index in [2.05, 4.69) is 14.9 Å². The van der Waals surface area contributed by atoms with Crippen LogP contribution >= 0.6 is 11.3 Å². The molecule has 4 nitrogen and oxygen atoms in total. The number of halogens is 1. The van der Waals surface area contributed by atoms with Crippen LogP contribution in [0.4, 0.5) is 4.39 Å². The number of hydrogen-bond donors (Lipinski definition) is 1. The smallest absolute Gasteiger partial charge is 0.268 e. The second kappa shape index (κ2) is 5.86. The summed E-state index contributed by atoms with van der Waals surface area (Å²) in [5.74, 6) is 0.474. The number of H-pyrrole nitrogens is 1. The highest BCUT2D eigenvalue weighted by molar-refractivity contribution is 7.17. The zero-order valence-corrected chi connectivity index (χ0v) is 13.3. The van der Waals surface area contributed by atoms with Crippen molar-refractivity contribution >= 4 is 21.6 Å². The quantitative estimate of drug-likeness (QED) is 0.800. The predicted octanol–water partition coefficient (Wildman–Crippen LogP) is 3.46. The summed E-state index contributed by atoms with van der Waals surface area (Å²) < 4.78 is 13.8. The van der Waals surface area contributed by atoms with Crippen LogP contribution in [0.2, 0.25) is 0 Å². The lowest BCUT2D eigenvalue weighted by atomic mass is 10.0. The third-order valence-electron chi connectivity index (χ3n) is 4.34. The van der Waals surface area contributed by atoms with Crippen LogP contribution in [0.25, 0.3) is 10.2 Å². The fourth-order valence-electron chi connectivity index (χ4n) is 3.27. The van der Waals surface area contributed by atoms with Crippen molar-refractivity contribution in [1.82, 2.24) is 14.9 Å². The molecule has 1 saturated heterocycles. The van der Waals surface area contributed by atoms with Crippen LogP contribution < -0.4 is 5.56 Å². The minimum absolute atomic E-state index is 0.0717. The van der Waals surface area contributed by atoms with Crippen molar-refractivity contribution in [3.8, 4) is 0 Å². The van der Waals surface area contributed by atoms with Gasteiger partial charge >= 0.3 is 0 Å². The molecule has 1 atom stereocenters. The van der Waals surface area contributed by atoms with E-state index in [4.69, 9.17) is 0 Å². The molecule has 4 rings (SSSR count). The number of benzene rings is 1. The van der Waals surface area contributed by atoms with Crippen molar-refractivity contribution in [3.63, 3.8) is 0 Å². The molecule has 1 aliphatic rings. The molecule has 1 aromatic carbocycles.